The molecule has 19 heavy (non-hydrogen) atoms. The Hall–Kier alpha value is -1.78. The maximum atomic E-state index is 12.3. The number of nitrogens with one attached hydrogen (secondary N) is 1. The second kappa shape index (κ2) is 5.07. The predicted molar refractivity (Wildman–Crippen MR) is 52.0 cm³/mol. The van der Waals surface area contributed by atoms with E-state index >= 15 is 0 Å². The Bertz CT molecular complexity index is 446. The zero-order valence-corrected chi connectivity index (χ0v) is 9.05. The molecule has 1 aromatic rings. The molecule has 1 atom stereocenters. The van der Waals surface area contributed by atoms with Gasteiger partial charge in [0.15, 0.2) is 11.8 Å². The van der Waals surface area contributed by atoms with Crippen molar-refractivity contribution in [3.05, 3.63) is 11.8 Å². The normalized spacial score (nSPS) is 14.3. The first-order valence-corrected chi connectivity index (χ1v) is 4.70. The quantitative estimate of drug-likeness (QED) is 0.733. The van der Waals surface area contributed by atoms with Crippen LogP contribution in [0.15, 0.2) is 6.07 Å². The van der Waals surface area contributed by atoms with Crippen LogP contribution < -0.4 is 11.1 Å². The molecular formula is C8H8F6N4O. The minimum absolute atomic E-state index is 0.388. The highest BCUT2D eigenvalue weighted by Gasteiger charge is 2.38. The van der Waals surface area contributed by atoms with Crippen molar-refractivity contribution in [2.45, 2.75) is 18.5 Å². The average molecular weight is 290 g/mol. The zero-order chi connectivity index (χ0) is 14.8. The summed E-state index contributed by atoms with van der Waals surface area (Å²) in [6, 6.07) is 0.388. The SMILES string of the molecule is Nc1nc(NCC(O)C(F)(F)F)cc(C(F)(F)F)n1. The molecule has 0 aliphatic carbocycles. The monoisotopic (exact) mass is 290 g/mol. The van der Waals surface area contributed by atoms with Gasteiger partial charge in [-0.3, -0.25) is 0 Å². The number of nitrogens with zero attached hydrogens (tertiary/aromatic N) is 2. The molecule has 0 aliphatic rings. The van der Waals surface area contributed by atoms with Gasteiger partial charge in [-0.15, -0.1) is 0 Å². The molecular weight excluding hydrogens is 282 g/mol. The summed E-state index contributed by atoms with van der Waals surface area (Å²) < 4.78 is 72.9. The van der Waals surface area contributed by atoms with E-state index in [1.54, 1.807) is 0 Å². The van der Waals surface area contributed by atoms with Gasteiger partial charge in [-0.1, -0.05) is 0 Å². The summed E-state index contributed by atoms with van der Waals surface area (Å²) in [4.78, 5) is 6.18. The van der Waals surface area contributed by atoms with Crippen LogP contribution in [0.5, 0.6) is 0 Å². The van der Waals surface area contributed by atoms with Gasteiger partial charge in [0.1, 0.15) is 5.82 Å². The molecule has 108 valence electrons. The van der Waals surface area contributed by atoms with Gasteiger partial charge in [0, 0.05) is 6.07 Å². The van der Waals surface area contributed by atoms with Crippen molar-refractivity contribution in [2.24, 2.45) is 0 Å². The summed E-state index contributed by atoms with van der Waals surface area (Å²) in [7, 11) is 0. The number of nitrogen functional groups attached to an aromatic ring is 1. The Morgan fingerprint density at radius 1 is 1.21 bits per heavy atom. The lowest BCUT2D eigenvalue weighted by Gasteiger charge is -2.16. The van der Waals surface area contributed by atoms with Crippen molar-refractivity contribution in [2.75, 3.05) is 17.6 Å². The number of aliphatic hydroxyl groups excluding tert-OH is 1. The number of halogens is 6. The minimum Gasteiger partial charge on any atom is -0.382 e. The molecule has 0 aliphatic heterocycles. The molecule has 5 nitrogen and oxygen atoms in total. The van der Waals surface area contributed by atoms with Crippen molar-refractivity contribution in [1.29, 1.82) is 0 Å². The molecule has 0 spiro atoms. The predicted octanol–water partition coefficient (Wildman–Crippen LogP) is 1.41. The van der Waals surface area contributed by atoms with Crippen molar-refractivity contribution in [3.8, 4) is 0 Å². The molecule has 1 unspecified atom stereocenters. The van der Waals surface area contributed by atoms with E-state index in [9.17, 15) is 26.3 Å². The lowest BCUT2D eigenvalue weighted by Crippen LogP contribution is -2.35. The third-order valence-corrected chi connectivity index (χ3v) is 1.89. The summed E-state index contributed by atoms with van der Waals surface area (Å²) in [5.74, 6) is -1.32. The van der Waals surface area contributed by atoms with Crippen LogP contribution in [0.1, 0.15) is 5.69 Å². The summed E-state index contributed by atoms with van der Waals surface area (Å²) >= 11 is 0. The first-order valence-electron chi connectivity index (χ1n) is 4.70. The van der Waals surface area contributed by atoms with E-state index in [1.165, 1.54) is 0 Å². The van der Waals surface area contributed by atoms with Crippen LogP contribution in [0.4, 0.5) is 38.1 Å². The number of hydrogen-bond donors (Lipinski definition) is 3. The molecule has 0 aromatic carbocycles. The number of rotatable bonds is 3. The molecule has 0 amide bonds. The molecule has 11 heteroatoms. The highest BCUT2D eigenvalue weighted by atomic mass is 19.4. The first-order chi connectivity index (χ1) is 8.50. The smallest absolute Gasteiger partial charge is 0.382 e. The summed E-state index contributed by atoms with van der Waals surface area (Å²) in [5.41, 5.74) is 3.60. The van der Waals surface area contributed by atoms with Crippen LogP contribution in [-0.4, -0.2) is 33.9 Å². The van der Waals surface area contributed by atoms with Crippen LogP contribution in [0.25, 0.3) is 0 Å². The summed E-state index contributed by atoms with van der Waals surface area (Å²) in [5, 5.41) is 10.6. The standard InChI is InChI=1S/C8H8F6N4O/c9-7(10,11)3-1-5(18-6(15)17-3)16-2-4(19)8(12,13)14/h1,4,19H,2H2,(H3,15,16,17,18). The second-order valence-corrected chi connectivity index (χ2v) is 3.43. The second-order valence-electron chi connectivity index (χ2n) is 3.43. The van der Waals surface area contributed by atoms with Crippen LogP contribution in [-0.2, 0) is 6.18 Å². The topological polar surface area (TPSA) is 84.1 Å². The molecule has 1 rings (SSSR count). The van der Waals surface area contributed by atoms with E-state index in [0.29, 0.717) is 6.07 Å². The van der Waals surface area contributed by atoms with Crippen LogP contribution in [0.2, 0.25) is 0 Å². The third-order valence-electron chi connectivity index (χ3n) is 1.89. The number of aromatic nitrogens is 2. The van der Waals surface area contributed by atoms with Gasteiger partial charge >= 0.3 is 12.4 Å². The molecule has 0 saturated carbocycles. The molecule has 1 heterocycles. The molecule has 4 N–H and O–H groups in total. The van der Waals surface area contributed by atoms with Crippen molar-refractivity contribution < 1.29 is 31.4 Å². The van der Waals surface area contributed by atoms with E-state index in [2.05, 4.69) is 9.97 Å². The third kappa shape index (κ3) is 4.43. The summed E-state index contributed by atoms with van der Waals surface area (Å²) in [6.45, 7) is -1.06. The van der Waals surface area contributed by atoms with E-state index in [0.717, 1.165) is 0 Å². The highest BCUT2D eigenvalue weighted by molar-refractivity contribution is 5.41. The number of nitrogens with two attached hydrogens (primary N) is 1. The van der Waals surface area contributed by atoms with E-state index in [4.69, 9.17) is 10.8 Å². The van der Waals surface area contributed by atoms with Gasteiger partial charge in [-0.05, 0) is 0 Å². The van der Waals surface area contributed by atoms with Crippen molar-refractivity contribution in [3.63, 3.8) is 0 Å². The molecule has 0 radical (unpaired) electrons. The highest BCUT2D eigenvalue weighted by Crippen LogP contribution is 2.29. The number of anilines is 2. The van der Waals surface area contributed by atoms with Gasteiger partial charge in [0.05, 0.1) is 6.54 Å². The van der Waals surface area contributed by atoms with Gasteiger partial charge in [0.2, 0.25) is 5.95 Å². The Morgan fingerprint density at radius 3 is 2.26 bits per heavy atom. The maximum Gasteiger partial charge on any atom is 0.433 e. The maximum absolute atomic E-state index is 12.3. The Labute approximate surface area is 102 Å². The lowest BCUT2D eigenvalue weighted by atomic mass is 10.3. The molecule has 0 saturated heterocycles. The van der Waals surface area contributed by atoms with Crippen LogP contribution >= 0.6 is 0 Å². The average Bonchev–Trinajstić information content (AvgIpc) is 2.22. The number of hydrogen-bond acceptors (Lipinski definition) is 5. The fourth-order valence-corrected chi connectivity index (χ4v) is 1.02. The number of aliphatic hydroxyl groups is 1. The minimum atomic E-state index is -4.89. The van der Waals surface area contributed by atoms with Gasteiger partial charge in [-0.25, -0.2) is 4.98 Å². The van der Waals surface area contributed by atoms with Crippen LogP contribution in [0.3, 0.4) is 0 Å². The van der Waals surface area contributed by atoms with Crippen molar-refractivity contribution in [1.82, 2.24) is 9.97 Å². The van der Waals surface area contributed by atoms with Crippen molar-refractivity contribution >= 4 is 11.8 Å². The number of alkyl halides is 6. The van der Waals surface area contributed by atoms with Crippen LogP contribution in [0, 0.1) is 0 Å². The Kier molecular flexibility index (Phi) is 4.08. The van der Waals surface area contributed by atoms with Gasteiger partial charge < -0.3 is 16.2 Å². The molecule has 0 fully saturated rings. The van der Waals surface area contributed by atoms with Gasteiger partial charge in [-0.2, -0.15) is 31.3 Å². The fourth-order valence-electron chi connectivity index (χ4n) is 1.02. The Morgan fingerprint density at radius 2 is 1.79 bits per heavy atom. The fraction of sp³-hybridized carbons (Fsp3) is 0.500. The zero-order valence-electron chi connectivity index (χ0n) is 9.05. The summed E-state index contributed by atoms with van der Waals surface area (Å²) in [6.07, 6.45) is -12.4. The van der Waals surface area contributed by atoms with E-state index in [-0.39, 0.29) is 0 Å². The van der Waals surface area contributed by atoms with E-state index < -0.39 is 42.5 Å². The van der Waals surface area contributed by atoms with E-state index in [1.807, 2.05) is 5.32 Å². The largest absolute Gasteiger partial charge is 0.433 e. The lowest BCUT2D eigenvalue weighted by molar-refractivity contribution is -0.198. The van der Waals surface area contributed by atoms with Gasteiger partial charge in [0.25, 0.3) is 0 Å². The molecule has 0 bridgehead atoms. The molecule has 1 aromatic heterocycles. The Balaban J connectivity index is 2.83. The first kappa shape index (κ1) is 15.3.